The quantitative estimate of drug-likeness (QED) is 0.641. The van der Waals surface area contributed by atoms with Gasteiger partial charge in [-0.2, -0.15) is 0 Å². The number of pyridine rings is 1. The maximum absolute atomic E-state index is 9.86. The zero-order chi connectivity index (χ0) is 16.6. The van der Waals surface area contributed by atoms with Crippen LogP contribution in [0.25, 0.3) is 5.65 Å². The Morgan fingerprint density at radius 2 is 1.96 bits per heavy atom. The highest BCUT2D eigenvalue weighted by atomic mass is 35.5. The third-order valence-electron chi connectivity index (χ3n) is 3.50. The number of halogens is 1. The van der Waals surface area contributed by atoms with Gasteiger partial charge in [-0.05, 0) is 42.7 Å². The van der Waals surface area contributed by atoms with E-state index in [2.05, 4.69) is 29.1 Å². The summed E-state index contributed by atoms with van der Waals surface area (Å²) in [4.78, 5) is 4.63. The van der Waals surface area contributed by atoms with E-state index in [9.17, 15) is 5.11 Å². The van der Waals surface area contributed by atoms with Crippen LogP contribution in [0.3, 0.4) is 0 Å². The molecule has 0 aliphatic rings. The second-order valence-electron chi connectivity index (χ2n) is 5.74. The van der Waals surface area contributed by atoms with E-state index < -0.39 is 0 Å². The number of phenols is 1. The molecule has 0 aliphatic heterocycles. The van der Waals surface area contributed by atoms with Gasteiger partial charge in [-0.1, -0.05) is 31.5 Å². The lowest BCUT2D eigenvalue weighted by atomic mass is 10.1. The lowest BCUT2D eigenvalue weighted by molar-refractivity contribution is 0.476. The first-order valence-electron chi connectivity index (χ1n) is 7.34. The molecule has 6 heteroatoms. The van der Waals surface area contributed by atoms with Crippen LogP contribution in [-0.4, -0.2) is 14.5 Å². The van der Waals surface area contributed by atoms with E-state index in [1.165, 1.54) is 6.07 Å². The predicted molar refractivity (Wildman–Crippen MR) is 91.3 cm³/mol. The van der Waals surface area contributed by atoms with Crippen LogP contribution < -0.4 is 0 Å². The lowest BCUT2D eigenvalue weighted by Crippen LogP contribution is -1.88. The first kappa shape index (κ1) is 15.5. The Hall–Kier alpha value is -2.40. The number of aromatic nitrogens is 2. The van der Waals surface area contributed by atoms with Gasteiger partial charge in [0.05, 0.1) is 5.69 Å². The Balaban J connectivity index is 2.14. The number of nitrogens with zero attached hydrogens (tertiary/aromatic N) is 4. The summed E-state index contributed by atoms with van der Waals surface area (Å²) in [5.74, 6) is 0.907. The van der Waals surface area contributed by atoms with Crippen molar-refractivity contribution in [2.24, 2.45) is 10.2 Å². The van der Waals surface area contributed by atoms with Crippen molar-refractivity contribution in [3.8, 4) is 5.75 Å². The summed E-state index contributed by atoms with van der Waals surface area (Å²) in [6.45, 7) is 6.13. The number of aryl methyl sites for hydroxylation is 1. The van der Waals surface area contributed by atoms with Gasteiger partial charge < -0.3 is 5.11 Å². The number of rotatable bonds is 3. The minimum Gasteiger partial charge on any atom is -0.506 e. The third kappa shape index (κ3) is 3.05. The first-order valence-corrected chi connectivity index (χ1v) is 7.72. The maximum atomic E-state index is 9.86. The van der Waals surface area contributed by atoms with Crippen molar-refractivity contribution in [2.45, 2.75) is 26.7 Å². The van der Waals surface area contributed by atoms with Crippen molar-refractivity contribution < 1.29 is 5.11 Å². The maximum Gasteiger partial charge on any atom is 0.183 e. The Morgan fingerprint density at radius 1 is 1.17 bits per heavy atom. The second-order valence-corrected chi connectivity index (χ2v) is 6.18. The molecule has 0 aliphatic carbocycles. The molecule has 0 bridgehead atoms. The Labute approximate surface area is 139 Å². The molecule has 0 radical (unpaired) electrons. The fraction of sp³-hybridized carbons (Fsp3) is 0.235. The highest BCUT2D eigenvalue weighted by Crippen LogP contribution is 2.33. The topological polar surface area (TPSA) is 62.2 Å². The zero-order valence-corrected chi connectivity index (χ0v) is 13.9. The van der Waals surface area contributed by atoms with Crippen LogP contribution in [-0.2, 0) is 0 Å². The third-order valence-corrected chi connectivity index (χ3v) is 3.74. The van der Waals surface area contributed by atoms with Crippen molar-refractivity contribution in [1.29, 1.82) is 0 Å². The van der Waals surface area contributed by atoms with Crippen LogP contribution in [0.4, 0.5) is 11.5 Å². The van der Waals surface area contributed by atoms with Crippen LogP contribution in [0.1, 0.15) is 31.0 Å². The molecule has 2 heterocycles. The molecule has 1 N–H and O–H groups in total. The minimum absolute atomic E-state index is 0.0363. The van der Waals surface area contributed by atoms with E-state index in [1.54, 1.807) is 12.1 Å². The number of azo groups is 1. The largest absolute Gasteiger partial charge is 0.506 e. The molecule has 3 rings (SSSR count). The van der Waals surface area contributed by atoms with Crippen molar-refractivity contribution in [1.82, 2.24) is 9.38 Å². The second kappa shape index (κ2) is 6.01. The summed E-state index contributed by atoms with van der Waals surface area (Å²) in [5.41, 5.74) is 3.12. The van der Waals surface area contributed by atoms with Crippen molar-refractivity contribution >= 4 is 28.8 Å². The number of aromatic hydroxyl groups is 1. The van der Waals surface area contributed by atoms with Gasteiger partial charge in [0.25, 0.3) is 0 Å². The number of imidazole rings is 1. The summed E-state index contributed by atoms with van der Waals surface area (Å²) in [6.07, 6.45) is 1.97. The number of benzene rings is 1. The summed E-state index contributed by atoms with van der Waals surface area (Å²) < 4.78 is 1.91. The van der Waals surface area contributed by atoms with Crippen LogP contribution in [0.15, 0.2) is 46.8 Å². The molecular formula is C17H17ClN4O. The molecule has 0 fully saturated rings. The van der Waals surface area contributed by atoms with Crippen LogP contribution in [0.5, 0.6) is 5.75 Å². The van der Waals surface area contributed by atoms with Gasteiger partial charge in [-0.15, -0.1) is 10.2 Å². The van der Waals surface area contributed by atoms with Gasteiger partial charge in [0.1, 0.15) is 17.1 Å². The minimum atomic E-state index is 0.0363. The molecule has 0 saturated heterocycles. The van der Waals surface area contributed by atoms with Gasteiger partial charge >= 0.3 is 0 Å². The molecule has 0 atom stereocenters. The molecule has 0 saturated carbocycles. The van der Waals surface area contributed by atoms with E-state index in [1.807, 2.05) is 29.7 Å². The predicted octanol–water partition coefficient (Wildman–Crippen LogP) is 5.54. The Bertz CT molecular complexity index is 899. The van der Waals surface area contributed by atoms with E-state index in [0.717, 1.165) is 16.9 Å². The Kier molecular flexibility index (Phi) is 4.05. The van der Waals surface area contributed by atoms with Gasteiger partial charge in [-0.25, -0.2) is 4.98 Å². The summed E-state index contributed by atoms with van der Waals surface area (Å²) in [5, 5.41) is 18.9. The molecule has 0 spiro atoms. The van der Waals surface area contributed by atoms with E-state index in [-0.39, 0.29) is 11.7 Å². The number of hydrogen-bond acceptors (Lipinski definition) is 4. The fourth-order valence-electron chi connectivity index (χ4n) is 2.32. The number of fused-ring (bicyclic) bond motifs is 1. The van der Waals surface area contributed by atoms with Crippen molar-refractivity contribution in [3.63, 3.8) is 0 Å². The first-order chi connectivity index (χ1) is 11.0. The van der Waals surface area contributed by atoms with Crippen molar-refractivity contribution in [2.75, 3.05) is 0 Å². The zero-order valence-electron chi connectivity index (χ0n) is 13.2. The van der Waals surface area contributed by atoms with Gasteiger partial charge in [-0.3, -0.25) is 4.40 Å². The molecule has 0 amide bonds. The van der Waals surface area contributed by atoms with E-state index in [0.29, 0.717) is 16.5 Å². The average molecular weight is 329 g/mol. The molecule has 118 valence electrons. The smallest absolute Gasteiger partial charge is 0.183 e. The summed E-state index contributed by atoms with van der Waals surface area (Å²) in [7, 11) is 0. The van der Waals surface area contributed by atoms with Crippen LogP contribution in [0.2, 0.25) is 5.02 Å². The molecule has 0 unspecified atom stereocenters. The molecule has 2 aromatic heterocycles. The Morgan fingerprint density at radius 3 is 2.70 bits per heavy atom. The summed E-state index contributed by atoms with van der Waals surface area (Å²) in [6, 6.07) is 8.64. The molecular weight excluding hydrogens is 312 g/mol. The molecule has 1 aromatic carbocycles. The SMILES string of the molecule is Cc1ccc2nc(C(C)C)c(N=Nc3cc(Cl)ccc3O)n2c1. The lowest BCUT2D eigenvalue weighted by Gasteiger charge is -2.03. The van der Waals surface area contributed by atoms with Crippen LogP contribution >= 0.6 is 11.6 Å². The molecule has 3 aromatic rings. The number of phenolic OH excluding ortho intramolecular Hbond substituents is 1. The number of hydrogen-bond donors (Lipinski definition) is 1. The highest BCUT2D eigenvalue weighted by Gasteiger charge is 2.15. The van der Waals surface area contributed by atoms with Gasteiger partial charge in [0, 0.05) is 11.2 Å². The van der Waals surface area contributed by atoms with E-state index in [4.69, 9.17) is 11.6 Å². The molecule has 23 heavy (non-hydrogen) atoms. The van der Waals surface area contributed by atoms with Gasteiger partial charge in [0.15, 0.2) is 5.82 Å². The van der Waals surface area contributed by atoms with E-state index >= 15 is 0 Å². The van der Waals surface area contributed by atoms with Gasteiger partial charge in [0.2, 0.25) is 0 Å². The summed E-state index contributed by atoms with van der Waals surface area (Å²) >= 11 is 5.94. The fourth-order valence-corrected chi connectivity index (χ4v) is 2.49. The molecule has 5 nitrogen and oxygen atoms in total. The van der Waals surface area contributed by atoms with Crippen LogP contribution in [0, 0.1) is 6.92 Å². The standard InChI is InChI=1S/C17H17ClN4O/c1-10(2)16-17(22-9-11(3)4-7-15(22)19-16)21-20-13-8-12(18)5-6-14(13)23/h4-10,23H,1-3H3. The monoisotopic (exact) mass is 328 g/mol. The highest BCUT2D eigenvalue weighted by molar-refractivity contribution is 6.30. The average Bonchev–Trinajstić information content (AvgIpc) is 2.86. The van der Waals surface area contributed by atoms with Crippen molar-refractivity contribution in [3.05, 3.63) is 52.8 Å². The normalized spacial score (nSPS) is 11.9.